The zero-order chi connectivity index (χ0) is 16.3. The number of benzene rings is 1. The Kier molecular flexibility index (Phi) is 4.49. The highest BCUT2D eigenvalue weighted by atomic mass is 19.4. The van der Waals surface area contributed by atoms with Crippen LogP contribution in [0.2, 0.25) is 0 Å². The van der Waals surface area contributed by atoms with Gasteiger partial charge in [-0.2, -0.15) is 13.2 Å². The smallest absolute Gasteiger partial charge is 0.299 e. The van der Waals surface area contributed by atoms with Crippen LogP contribution in [0.15, 0.2) is 48.7 Å². The maximum Gasteiger partial charge on any atom is 0.416 e. The fourth-order valence-electron chi connectivity index (χ4n) is 2.06. The molecule has 2 rings (SSSR count). The lowest BCUT2D eigenvalue weighted by Crippen LogP contribution is -2.31. The van der Waals surface area contributed by atoms with Gasteiger partial charge in [0.2, 0.25) is 5.91 Å². The largest absolute Gasteiger partial charge is 0.416 e. The van der Waals surface area contributed by atoms with Crippen molar-refractivity contribution < 1.29 is 18.0 Å². The van der Waals surface area contributed by atoms with Crippen molar-refractivity contribution in [1.82, 2.24) is 4.98 Å². The highest BCUT2D eigenvalue weighted by molar-refractivity contribution is 5.96. The number of hydrogen-bond acceptors (Lipinski definition) is 2. The number of halogens is 3. The predicted octanol–water partition coefficient (Wildman–Crippen LogP) is 3.87. The summed E-state index contributed by atoms with van der Waals surface area (Å²) >= 11 is 0. The Bertz CT molecular complexity index is 639. The van der Waals surface area contributed by atoms with Crippen LogP contribution in [0, 0.1) is 0 Å². The SMILES string of the molecule is CC(C(=O)N(C)c1ccccn1)c1ccc(C(F)(F)F)cc1. The molecule has 1 heterocycles. The molecule has 1 amide bonds. The van der Waals surface area contributed by atoms with Crippen LogP contribution < -0.4 is 4.90 Å². The first-order valence-electron chi connectivity index (χ1n) is 6.66. The fraction of sp³-hybridized carbons (Fsp3) is 0.250. The van der Waals surface area contributed by atoms with Crippen LogP contribution in [0.4, 0.5) is 19.0 Å². The van der Waals surface area contributed by atoms with E-state index in [2.05, 4.69) is 4.98 Å². The van der Waals surface area contributed by atoms with Gasteiger partial charge in [-0.1, -0.05) is 18.2 Å². The van der Waals surface area contributed by atoms with E-state index in [0.29, 0.717) is 11.4 Å². The summed E-state index contributed by atoms with van der Waals surface area (Å²) in [6.07, 6.45) is -2.81. The molecule has 0 saturated carbocycles. The van der Waals surface area contributed by atoms with Gasteiger partial charge in [0.05, 0.1) is 11.5 Å². The molecule has 1 atom stereocenters. The van der Waals surface area contributed by atoms with Crippen LogP contribution in [0.25, 0.3) is 0 Å². The van der Waals surface area contributed by atoms with Crippen LogP contribution >= 0.6 is 0 Å². The van der Waals surface area contributed by atoms with Gasteiger partial charge in [0.15, 0.2) is 0 Å². The molecule has 22 heavy (non-hydrogen) atoms. The maximum absolute atomic E-state index is 12.5. The molecule has 0 N–H and O–H groups in total. The van der Waals surface area contributed by atoms with E-state index in [9.17, 15) is 18.0 Å². The Morgan fingerprint density at radius 3 is 2.27 bits per heavy atom. The van der Waals surface area contributed by atoms with E-state index in [-0.39, 0.29) is 5.91 Å². The van der Waals surface area contributed by atoms with Gasteiger partial charge in [0.25, 0.3) is 0 Å². The van der Waals surface area contributed by atoms with E-state index < -0.39 is 17.7 Å². The van der Waals surface area contributed by atoms with E-state index in [4.69, 9.17) is 0 Å². The summed E-state index contributed by atoms with van der Waals surface area (Å²) < 4.78 is 37.6. The lowest BCUT2D eigenvalue weighted by atomic mass is 9.98. The normalized spacial score (nSPS) is 12.8. The van der Waals surface area contributed by atoms with E-state index in [1.54, 1.807) is 38.4 Å². The number of alkyl halides is 3. The fourth-order valence-corrected chi connectivity index (χ4v) is 2.06. The van der Waals surface area contributed by atoms with Crippen molar-refractivity contribution in [3.63, 3.8) is 0 Å². The molecule has 116 valence electrons. The zero-order valence-electron chi connectivity index (χ0n) is 12.1. The Hall–Kier alpha value is -2.37. The van der Waals surface area contributed by atoms with Gasteiger partial charge in [0.1, 0.15) is 5.82 Å². The van der Waals surface area contributed by atoms with Crippen molar-refractivity contribution in [2.45, 2.75) is 19.0 Å². The van der Waals surface area contributed by atoms with E-state index in [1.165, 1.54) is 17.0 Å². The second-order valence-electron chi connectivity index (χ2n) is 4.93. The molecule has 0 aliphatic heterocycles. The maximum atomic E-state index is 12.5. The summed E-state index contributed by atoms with van der Waals surface area (Å²) in [4.78, 5) is 17.9. The summed E-state index contributed by atoms with van der Waals surface area (Å²) in [5.74, 6) is -0.306. The summed E-state index contributed by atoms with van der Waals surface area (Å²) in [5.41, 5.74) is -0.199. The molecule has 1 unspecified atom stereocenters. The summed E-state index contributed by atoms with van der Waals surface area (Å²) in [6.45, 7) is 1.66. The molecule has 3 nitrogen and oxygen atoms in total. The van der Waals surface area contributed by atoms with Crippen molar-refractivity contribution in [2.75, 3.05) is 11.9 Å². The van der Waals surface area contributed by atoms with Crippen molar-refractivity contribution in [3.05, 3.63) is 59.8 Å². The number of carbonyl (C=O) groups is 1. The van der Waals surface area contributed by atoms with Gasteiger partial charge in [-0.25, -0.2) is 4.98 Å². The predicted molar refractivity (Wildman–Crippen MR) is 77.5 cm³/mol. The summed E-state index contributed by atoms with van der Waals surface area (Å²) in [6, 6.07) is 9.82. The third kappa shape index (κ3) is 3.44. The monoisotopic (exact) mass is 308 g/mol. The lowest BCUT2D eigenvalue weighted by Gasteiger charge is -2.21. The van der Waals surface area contributed by atoms with Gasteiger partial charge in [-0.15, -0.1) is 0 Å². The highest BCUT2D eigenvalue weighted by Gasteiger charge is 2.30. The third-order valence-corrected chi connectivity index (χ3v) is 3.43. The van der Waals surface area contributed by atoms with Gasteiger partial charge in [-0.05, 0) is 36.8 Å². The molecule has 0 saturated heterocycles. The number of hydrogen-bond donors (Lipinski definition) is 0. The Morgan fingerprint density at radius 2 is 1.77 bits per heavy atom. The molecule has 0 aliphatic carbocycles. The number of aromatic nitrogens is 1. The zero-order valence-corrected chi connectivity index (χ0v) is 12.1. The minimum Gasteiger partial charge on any atom is -0.299 e. The molecule has 0 spiro atoms. The van der Waals surface area contributed by atoms with Crippen LogP contribution in [0.3, 0.4) is 0 Å². The molecular formula is C16H15F3N2O. The molecule has 0 fully saturated rings. The first kappa shape index (κ1) is 16.0. The minimum absolute atomic E-state index is 0.238. The first-order valence-corrected chi connectivity index (χ1v) is 6.66. The van der Waals surface area contributed by atoms with Gasteiger partial charge >= 0.3 is 6.18 Å². The number of amides is 1. The molecule has 0 bridgehead atoms. The van der Waals surface area contributed by atoms with Crippen molar-refractivity contribution in [1.29, 1.82) is 0 Å². The Labute approximate surface area is 126 Å². The van der Waals surface area contributed by atoms with Crippen LogP contribution in [-0.4, -0.2) is 17.9 Å². The second kappa shape index (κ2) is 6.17. The minimum atomic E-state index is -4.38. The molecule has 6 heteroatoms. The number of nitrogens with zero attached hydrogens (tertiary/aromatic N) is 2. The standard InChI is InChI=1S/C16H15F3N2O/c1-11(12-6-8-13(9-7-12)16(17,18)19)15(22)21(2)14-5-3-4-10-20-14/h3-11H,1-2H3. The number of rotatable bonds is 3. The highest BCUT2D eigenvalue weighted by Crippen LogP contribution is 2.30. The lowest BCUT2D eigenvalue weighted by molar-refractivity contribution is -0.137. The summed E-state index contributed by atoms with van der Waals surface area (Å²) in [7, 11) is 1.59. The summed E-state index contributed by atoms with van der Waals surface area (Å²) in [5, 5.41) is 0. The Balaban J connectivity index is 2.17. The van der Waals surface area contributed by atoms with E-state index in [0.717, 1.165) is 12.1 Å². The van der Waals surface area contributed by atoms with E-state index >= 15 is 0 Å². The van der Waals surface area contributed by atoms with Gasteiger partial charge in [0, 0.05) is 13.2 Å². The average Bonchev–Trinajstić information content (AvgIpc) is 2.53. The van der Waals surface area contributed by atoms with Crippen molar-refractivity contribution in [2.24, 2.45) is 0 Å². The number of carbonyl (C=O) groups excluding carboxylic acids is 1. The van der Waals surface area contributed by atoms with Crippen molar-refractivity contribution in [3.8, 4) is 0 Å². The van der Waals surface area contributed by atoms with E-state index in [1.807, 2.05) is 0 Å². The molecule has 1 aromatic heterocycles. The number of pyridine rings is 1. The van der Waals surface area contributed by atoms with Gasteiger partial charge < -0.3 is 0 Å². The molecule has 0 aliphatic rings. The molecular weight excluding hydrogens is 293 g/mol. The van der Waals surface area contributed by atoms with Crippen molar-refractivity contribution >= 4 is 11.7 Å². The number of anilines is 1. The van der Waals surface area contributed by atoms with Crippen LogP contribution in [-0.2, 0) is 11.0 Å². The van der Waals surface area contributed by atoms with Gasteiger partial charge in [-0.3, -0.25) is 9.69 Å². The molecule has 0 radical (unpaired) electrons. The third-order valence-electron chi connectivity index (χ3n) is 3.43. The number of likely N-dealkylation sites (N-methyl/N-ethyl adjacent to an activating group) is 1. The van der Waals surface area contributed by atoms with Crippen LogP contribution in [0.5, 0.6) is 0 Å². The second-order valence-corrected chi connectivity index (χ2v) is 4.93. The quantitative estimate of drug-likeness (QED) is 0.862. The van der Waals surface area contributed by atoms with Crippen LogP contribution in [0.1, 0.15) is 24.0 Å². The Morgan fingerprint density at radius 1 is 1.14 bits per heavy atom. The topological polar surface area (TPSA) is 33.2 Å². The average molecular weight is 308 g/mol. The first-order chi connectivity index (χ1) is 10.3. The molecule has 1 aromatic carbocycles. The molecule has 2 aromatic rings.